The number of hydrogen-bond acceptors (Lipinski definition) is 5. The van der Waals surface area contributed by atoms with Crippen LogP contribution in [-0.4, -0.2) is 80.0 Å². The van der Waals surface area contributed by atoms with E-state index in [1.165, 1.54) is 9.80 Å². The van der Waals surface area contributed by atoms with Gasteiger partial charge < -0.3 is 19.1 Å². The Morgan fingerprint density at radius 1 is 1.22 bits per heavy atom. The maximum Gasteiger partial charge on any atom is 0.327 e. The van der Waals surface area contributed by atoms with Crippen molar-refractivity contribution >= 4 is 11.9 Å². The number of ether oxygens (including phenoxy) is 3. The van der Waals surface area contributed by atoms with E-state index >= 15 is 0 Å². The van der Waals surface area contributed by atoms with E-state index in [1.54, 1.807) is 0 Å². The van der Waals surface area contributed by atoms with Gasteiger partial charge in [0.1, 0.15) is 12.6 Å². The number of carbonyl (C=O) groups excluding carboxylic acids is 2. The van der Waals surface area contributed by atoms with Crippen molar-refractivity contribution in [1.82, 2.24) is 9.80 Å². The number of amides is 3. The van der Waals surface area contributed by atoms with Crippen LogP contribution in [0.5, 0.6) is 0 Å². The summed E-state index contributed by atoms with van der Waals surface area (Å²) in [4.78, 5) is 26.3. The van der Waals surface area contributed by atoms with Crippen LogP contribution in [0.2, 0.25) is 0 Å². The molecule has 2 atom stereocenters. The third-order valence-corrected chi connectivity index (χ3v) is 3.13. The van der Waals surface area contributed by atoms with Gasteiger partial charge in [-0.25, -0.2) is 4.79 Å². The normalized spacial score (nSPS) is 30.2. The first-order valence-corrected chi connectivity index (χ1v) is 6.14. The Morgan fingerprint density at radius 3 is 2.61 bits per heavy atom. The molecule has 3 aliphatic heterocycles. The number of carbonyl (C=O) groups is 2. The monoisotopic (exact) mass is 256 g/mol. The molecule has 0 bridgehead atoms. The molecular formula is C11H16N2O5. The first-order valence-electron chi connectivity index (χ1n) is 6.14. The molecule has 2 unspecified atom stereocenters. The van der Waals surface area contributed by atoms with Gasteiger partial charge in [-0.05, 0) is 0 Å². The maximum atomic E-state index is 11.9. The van der Waals surface area contributed by atoms with Crippen molar-refractivity contribution < 1.29 is 23.8 Å². The molecule has 0 aromatic rings. The van der Waals surface area contributed by atoms with Crippen LogP contribution in [-0.2, 0) is 19.0 Å². The topological polar surface area (TPSA) is 74.9 Å². The van der Waals surface area contributed by atoms with Crippen LogP contribution in [0, 0.1) is 0 Å². The Balaban J connectivity index is 1.41. The summed E-state index contributed by atoms with van der Waals surface area (Å²) in [5, 5.41) is 0. The van der Waals surface area contributed by atoms with Crippen molar-refractivity contribution in [3.63, 3.8) is 0 Å². The van der Waals surface area contributed by atoms with E-state index in [0.29, 0.717) is 32.9 Å². The van der Waals surface area contributed by atoms with Gasteiger partial charge in [0.2, 0.25) is 5.91 Å². The third kappa shape index (κ3) is 2.80. The summed E-state index contributed by atoms with van der Waals surface area (Å²) in [5.41, 5.74) is 0. The molecule has 7 nitrogen and oxygen atoms in total. The minimum absolute atomic E-state index is 0.0427. The second kappa shape index (κ2) is 4.83. The molecule has 0 aromatic carbocycles. The number of epoxide rings is 2. The summed E-state index contributed by atoms with van der Waals surface area (Å²) in [7, 11) is 0. The quantitative estimate of drug-likeness (QED) is 0.334. The largest absolute Gasteiger partial charge is 0.377 e. The highest BCUT2D eigenvalue weighted by molar-refractivity contribution is 6.02. The fourth-order valence-electron chi connectivity index (χ4n) is 1.88. The van der Waals surface area contributed by atoms with E-state index in [4.69, 9.17) is 14.2 Å². The molecule has 0 spiro atoms. The van der Waals surface area contributed by atoms with Crippen LogP contribution >= 0.6 is 0 Å². The molecule has 3 amide bonds. The average molecular weight is 256 g/mol. The van der Waals surface area contributed by atoms with E-state index in [1.807, 2.05) is 0 Å². The molecule has 100 valence electrons. The summed E-state index contributed by atoms with van der Waals surface area (Å²) < 4.78 is 15.4. The van der Waals surface area contributed by atoms with Gasteiger partial charge in [-0.15, -0.1) is 0 Å². The zero-order chi connectivity index (χ0) is 12.5. The van der Waals surface area contributed by atoms with Crippen molar-refractivity contribution in [2.45, 2.75) is 12.2 Å². The predicted octanol–water partition coefficient (Wildman–Crippen LogP) is -0.935. The summed E-state index contributed by atoms with van der Waals surface area (Å²) in [6.07, 6.45) is 0.269. The van der Waals surface area contributed by atoms with Crippen LogP contribution in [0.15, 0.2) is 0 Å². The van der Waals surface area contributed by atoms with E-state index in [2.05, 4.69) is 0 Å². The van der Waals surface area contributed by atoms with Crippen molar-refractivity contribution in [1.29, 1.82) is 0 Å². The lowest BCUT2D eigenvalue weighted by atomic mass is 10.4. The molecule has 3 heterocycles. The van der Waals surface area contributed by atoms with Crippen molar-refractivity contribution in [3.05, 3.63) is 0 Å². The summed E-state index contributed by atoms with van der Waals surface area (Å²) in [6.45, 7) is 3.37. The molecule has 0 N–H and O–H groups in total. The van der Waals surface area contributed by atoms with Crippen LogP contribution < -0.4 is 0 Å². The van der Waals surface area contributed by atoms with Crippen molar-refractivity contribution in [3.8, 4) is 0 Å². The molecule has 0 saturated carbocycles. The van der Waals surface area contributed by atoms with Gasteiger partial charge in [0.15, 0.2) is 0 Å². The molecule has 0 aromatic heterocycles. The highest BCUT2D eigenvalue weighted by atomic mass is 16.6. The molecule has 3 aliphatic rings. The van der Waals surface area contributed by atoms with Gasteiger partial charge in [-0.2, -0.15) is 0 Å². The van der Waals surface area contributed by atoms with Crippen molar-refractivity contribution in [2.24, 2.45) is 0 Å². The van der Waals surface area contributed by atoms with Gasteiger partial charge in [-0.1, -0.05) is 0 Å². The van der Waals surface area contributed by atoms with E-state index in [-0.39, 0.29) is 30.7 Å². The molecule has 0 aliphatic carbocycles. The molecule has 3 saturated heterocycles. The maximum absolute atomic E-state index is 11.9. The molecule has 3 fully saturated rings. The molecule has 3 rings (SSSR count). The molecule has 18 heavy (non-hydrogen) atoms. The average Bonchev–Trinajstić information content (AvgIpc) is 3.23. The highest BCUT2D eigenvalue weighted by Crippen LogP contribution is 2.16. The minimum atomic E-state index is -0.234. The van der Waals surface area contributed by atoms with Gasteiger partial charge in [0.25, 0.3) is 0 Å². The second-order valence-corrected chi connectivity index (χ2v) is 4.69. The molecule has 0 radical (unpaired) electrons. The summed E-state index contributed by atoms with van der Waals surface area (Å²) in [6, 6.07) is -0.234. The van der Waals surface area contributed by atoms with Gasteiger partial charge in [0.05, 0.1) is 39.1 Å². The SMILES string of the molecule is O=C1CN(CCOCC2CO2)C(=O)N1CC1CO1. The summed E-state index contributed by atoms with van der Waals surface area (Å²) >= 11 is 0. The van der Waals surface area contributed by atoms with E-state index in [0.717, 1.165) is 6.61 Å². The Hall–Kier alpha value is -1.18. The van der Waals surface area contributed by atoms with Crippen LogP contribution in [0.4, 0.5) is 4.79 Å². The Bertz CT molecular complexity index is 353. The fourth-order valence-corrected chi connectivity index (χ4v) is 1.88. The van der Waals surface area contributed by atoms with Crippen LogP contribution in [0.25, 0.3) is 0 Å². The zero-order valence-corrected chi connectivity index (χ0v) is 10.0. The fraction of sp³-hybridized carbons (Fsp3) is 0.818. The van der Waals surface area contributed by atoms with Crippen LogP contribution in [0.1, 0.15) is 0 Å². The first-order chi connectivity index (χ1) is 8.74. The number of nitrogens with zero attached hydrogens (tertiary/aromatic N) is 2. The minimum Gasteiger partial charge on any atom is -0.377 e. The predicted molar refractivity (Wildman–Crippen MR) is 59.0 cm³/mol. The highest BCUT2D eigenvalue weighted by Gasteiger charge is 2.39. The number of urea groups is 1. The number of rotatable bonds is 7. The number of imide groups is 1. The van der Waals surface area contributed by atoms with Gasteiger partial charge in [0, 0.05) is 6.54 Å². The third-order valence-electron chi connectivity index (χ3n) is 3.13. The second-order valence-electron chi connectivity index (χ2n) is 4.69. The summed E-state index contributed by atoms with van der Waals surface area (Å²) in [5.74, 6) is -0.152. The van der Waals surface area contributed by atoms with Gasteiger partial charge >= 0.3 is 6.03 Å². The lowest BCUT2D eigenvalue weighted by Gasteiger charge is -2.16. The Kier molecular flexibility index (Phi) is 3.19. The van der Waals surface area contributed by atoms with Crippen LogP contribution in [0.3, 0.4) is 0 Å². The smallest absolute Gasteiger partial charge is 0.327 e. The first kappa shape index (κ1) is 11.9. The Morgan fingerprint density at radius 2 is 1.94 bits per heavy atom. The Labute approximate surface area is 105 Å². The lowest BCUT2D eigenvalue weighted by molar-refractivity contribution is -0.125. The molecule has 7 heteroatoms. The lowest BCUT2D eigenvalue weighted by Crippen LogP contribution is -2.36. The van der Waals surface area contributed by atoms with Crippen molar-refractivity contribution in [2.75, 3.05) is 46.1 Å². The zero-order valence-electron chi connectivity index (χ0n) is 10.0. The van der Waals surface area contributed by atoms with E-state index in [9.17, 15) is 9.59 Å². The number of hydrogen-bond donors (Lipinski definition) is 0. The van der Waals surface area contributed by atoms with E-state index < -0.39 is 0 Å². The molecular weight excluding hydrogens is 240 g/mol. The van der Waals surface area contributed by atoms with Gasteiger partial charge in [-0.3, -0.25) is 9.69 Å². The standard InChI is InChI=1S/C11H16N2O5/c14-10-4-12(1-2-16-5-9-7-18-9)11(15)13(10)3-8-6-17-8/h8-9H,1-7H2.